The van der Waals surface area contributed by atoms with Crippen molar-refractivity contribution in [3.63, 3.8) is 0 Å². The van der Waals surface area contributed by atoms with Gasteiger partial charge in [-0.2, -0.15) is 0 Å². The van der Waals surface area contributed by atoms with E-state index in [2.05, 4.69) is 20.1 Å². The number of amides is 1. The molecule has 3 aromatic rings. The number of anilines is 1. The summed E-state index contributed by atoms with van der Waals surface area (Å²) in [7, 11) is 1.56. The van der Waals surface area contributed by atoms with E-state index in [1.807, 2.05) is 19.1 Å². The Morgan fingerprint density at radius 2 is 2.10 bits per heavy atom. The summed E-state index contributed by atoms with van der Waals surface area (Å²) < 4.78 is 13.1. The number of furan rings is 1. The number of halogens is 1. The maximum absolute atomic E-state index is 12.9. The third-order valence-corrected chi connectivity index (χ3v) is 6.71. The lowest BCUT2D eigenvalue weighted by molar-refractivity contribution is -0.115. The molecule has 9 heteroatoms. The molecule has 0 bridgehead atoms. The van der Waals surface area contributed by atoms with Crippen LogP contribution in [0.25, 0.3) is 11.6 Å². The maximum atomic E-state index is 12.9. The molecule has 1 aromatic carbocycles. The monoisotopic (exact) mass is 460 g/mol. The third kappa shape index (κ3) is 4.91. The SMILES string of the molecule is COc1ccc(Cl)cc1NC(=O)C(C)Sc1nnc(-c2ccco2)n1C1CCCCC1. The Hall–Kier alpha value is -2.45. The van der Waals surface area contributed by atoms with Crippen LogP contribution in [0.3, 0.4) is 0 Å². The average Bonchev–Trinajstić information content (AvgIpc) is 3.44. The molecule has 1 aliphatic rings. The lowest BCUT2D eigenvalue weighted by Gasteiger charge is -2.25. The fraction of sp³-hybridized carbons (Fsp3) is 0.409. The van der Waals surface area contributed by atoms with Gasteiger partial charge in [-0.3, -0.25) is 9.36 Å². The molecule has 1 unspecified atom stereocenters. The van der Waals surface area contributed by atoms with E-state index >= 15 is 0 Å². The number of methoxy groups -OCH3 is 1. The number of benzene rings is 1. The Bertz CT molecular complexity index is 1030. The molecule has 0 aliphatic heterocycles. The fourth-order valence-corrected chi connectivity index (χ4v) is 4.91. The Kier molecular flexibility index (Phi) is 6.87. The van der Waals surface area contributed by atoms with Gasteiger partial charge in [0.1, 0.15) is 5.75 Å². The van der Waals surface area contributed by atoms with Crippen molar-refractivity contribution in [2.24, 2.45) is 0 Å². The van der Waals surface area contributed by atoms with Gasteiger partial charge in [0.05, 0.1) is 24.3 Å². The average molecular weight is 461 g/mol. The fourth-order valence-electron chi connectivity index (χ4n) is 3.82. The Morgan fingerprint density at radius 1 is 1.29 bits per heavy atom. The molecule has 31 heavy (non-hydrogen) atoms. The van der Waals surface area contributed by atoms with Gasteiger partial charge in [-0.05, 0) is 50.1 Å². The molecular weight excluding hydrogens is 436 g/mol. The van der Waals surface area contributed by atoms with E-state index in [0.717, 1.165) is 18.0 Å². The summed E-state index contributed by atoms with van der Waals surface area (Å²) in [5.41, 5.74) is 0.539. The van der Waals surface area contributed by atoms with Crippen LogP contribution < -0.4 is 10.1 Å². The van der Waals surface area contributed by atoms with Crippen molar-refractivity contribution in [1.29, 1.82) is 0 Å². The molecule has 1 atom stereocenters. The number of carbonyl (C=O) groups is 1. The molecule has 2 heterocycles. The number of nitrogens with one attached hydrogen (secondary N) is 1. The van der Waals surface area contributed by atoms with Crippen LogP contribution in [0.2, 0.25) is 5.02 Å². The number of ether oxygens (including phenoxy) is 1. The van der Waals surface area contributed by atoms with Gasteiger partial charge in [-0.25, -0.2) is 0 Å². The van der Waals surface area contributed by atoms with Crippen molar-refractivity contribution in [3.8, 4) is 17.3 Å². The second kappa shape index (κ2) is 9.78. The first-order chi connectivity index (χ1) is 15.1. The smallest absolute Gasteiger partial charge is 0.237 e. The summed E-state index contributed by atoms with van der Waals surface area (Å²) in [4.78, 5) is 12.9. The van der Waals surface area contributed by atoms with E-state index < -0.39 is 5.25 Å². The minimum atomic E-state index is -0.403. The molecule has 164 valence electrons. The second-order valence-corrected chi connectivity index (χ2v) is 9.28. The third-order valence-electron chi connectivity index (χ3n) is 5.42. The van der Waals surface area contributed by atoms with Crippen LogP contribution in [0, 0.1) is 0 Å². The first-order valence-electron chi connectivity index (χ1n) is 10.4. The maximum Gasteiger partial charge on any atom is 0.237 e. The minimum Gasteiger partial charge on any atom is -0.495 e. The summed E-state index contributed by atoms with van der Waals surface area (Å²) in [6, 6.07) is 9.15. The van der Waals surface area contributed by atoms with Crippen molar-refractivity contribution in [2.45, 2.75) is 55.5 Å². The van der Waals surface area contributed by atoms with Gasteiger partial charge < -0.3 is 14.5 Å². The highest BCUT2D eigenvalue weighted by molar-refractivity contribution is 8.00. The molecule has 0 radical (unpaired) electrons. The number of aromatic nitrogens is 3. The quantitative estimate of drug-likeness (QED) is 0.447. The summed E-state index contributed by atoms with van der Waals surface area (Å²) in [6.07, 6.45) is 7.37. The van der Waals surface area contributed by atoms with Crippen LogP contribution in [0.5, 0.6) is 5.75 Å². The molecule has 7 nitrogen and oxygen atoms in total. The van der Waals surface area contributed by atoms with Gasteiger partial charge in [0.2, 0.25) is 11.7 Å². The summed E-state index contributed by atoms with van der Waals surface area (Å²) >= 11 is 7.47. The van der Waals surface area contributed by atoms with Crippen LogP contribution in [-0.2, 0) is 4.79 Å². The second-order valence-electron chi connectivity index (χ2n) is 7.54. The normalized spacial score (nSPS) is 15.6. The van der Waals surface area contributed by atoms with E-state index in [-0.39, 0.29) is 5.91 Å². The zero-order chi connectivity index (χ0) is 21.8. The van der Waals surface area contributed by atoms with Crippen LogP contribution in [-0.4, -0.2) is 33.0 Å². The van der Waals surface area contributed by atoms with Gasteiger partial charge in [0.15, 0.2) is 10.9 Å². The number of carbonyl (C=O) groups excluding carboxylic acids is 1. The van der Waals surface area contributed by atoms with Crippen LogP contribution in [0.15, 0.2) is 46.2 Å². The molecule has 4 rings (SSSR count). The molecule has 1 saturated carbocycles. The zero-order valence-corrected chi connectivity index (χ0v) is 19.1. The summed E-state index contributed by atoms with van der Waals surface area (Å²) in [5, 5.41) is 12.6. The highest BCUT2D eigenvalue weighted by atomic mass is 35.5. The molecule has 2 aromatic heterocycles. The first-order valence-corrected chi connectivity index (χ1v) is 11.6. The predicted octanol–water partition coefficient (Wildman–Crippen LogP) is 5.82. The van der Waals surface area contributed by atoms with Gasteiger partial charge in [0.25, 0.3) is 0 Å². The van der Waals surface area contributed by atoms with Crippen LogP contribution >= 0.6 is 23.4 Å². The number of rotatable bonds is 7. The Morgan fingerprint density at radius 3 is 2.81 bits per heavy atom. The summed E-state index contributed by atoms with van der Waals surface area (Å²) in [6.45, 7) is 1.85. The van der Waals surface area contributed by atoms with Crippen LogP contribution in [0.1, 0.15) is 45.1 Å². The largest absolute Gasteiger partial charge is 0.495 e. The van der Waals surface area contributed by atoms with Gasteiger partial charge in [-0.15, -0.1) is 10.2 Å². The molecule has 0 spiro atoms. The van der Waals surface area contributed by atoms with Gasteiger partial charge >= 0.3 is 0 Å². The Labute approximate surface area is 190 Å². The highest BCUT2D eigenvalue weighted by Crippen LogP contribution is 2.37. The molecule has 1 fully saturated rings. The number of thioether (sulfide) groups is 1. The Balaban J connectivity index is 1.56. The van der Waals surface area contributed by atoms with Gasteiger partial charge in [-0.1, -0.05) is 42.6 Å². The molecule has 0 saturated heterocycles. The van der Waals surface area contributed by atoms with Crippen LogP contribution in [0.4, 0.5) is 5.69 Å². The molecule has 1 N–H and O–H groups in total. The highest BCUT2D eigenvalue weighted by Gasteiger charge is 2.27. The molecule has 1 amide bonds. The lowest BCUT2D eigenvalue weighted by atomic mass is 9.95. The molecule has 1 aliphatic carbocycles. The number of hydrogen-bond donors (Lipinski definition) is 1. The summed E-state index contributed by atoms with van der Waals surface area (Å²) in [5.74, 6) is 1.79. The van der Waals surface area contributed by atoms with Crippen molar-refractivity contribution >= 4 is 35.0 Å². The van der Waals surface area contributed by atoms with E-state index in [1.165, 1.54) is 31.0 Å². The van der Waals surface area contributed by atoms with E-state index in [1.54, 1.807) is 31.6 Å². The van der Waals surface area contributed by atoms with Crippen molar-refractivity contribution in [2.75, 3.05) is 12.4 Å². The molecular formula is C22H25ClN4O3S. The number of nitrogens with zero attached hydrogens (tertiary/aromatic N) is 3. The standard InChI is InChI=1S/C22H25ClN4O3S/c1-14(21(28)24-17-13-15(23)10-11-18(17)29-2)31-22-26-25-20(19-9-6-12-30-19)27(22)16-7-4-3-5-8-16/h6,9-14,16H,3-5,7-8H2,1-2H3,(H,24,28). The van der Waals surface area contributed by atoms with Crippen molar-refractivity contribution < 1.29 is 13.9 Å². The zero-order valence-electron chi connectivity index (χ0n) is 17.5. The van der Waals surface area contributed by atoms with E-state index in [0.29, 0.717) is 34.1 Å². The number of hydrogen-bond acceptors (Lipinski definition) is 6. The minimum absolute atomic E-state index is 0.164. The van der Waals surface area contributed by atoms with Gasteiger partial charge in [0, 0.05) is 11.1 Å². The first kappa shape index (κ1) is 21.8. The van der Waals surface area contributed by atoms with Crippen molar-refractivity contribution in [3.05, 3.63) is 41.6 Å². The van der Waals surface area contributed by atoms with Crippen molar-refractivity contribution in [1.82, 2.24) is 14.8 Å². The van der Waals surface area contributed by atoms with E-state index in [9.17, 15) is 4.79 Å². The lowest BCUT2D eigenvalue weighted by Crippen LogP contribution is -2.24. The predicted molar refractivity (Wildman–Crippen MR) is 122 cm³/mol. The van der Waals surface area contributed by atoms with E-state index in [4.69, 9.17) is 20.8 Å². The topological polar surface area (TPSA) is 82.2 Å².